The molecule has 0 spiro atoms. The molecule has 2 heterocycles. The number of nitrogen functional groups attached to an aromatic ring is 1. The van der Waals surface area contributed by atoms with E-state index in [4.69, 9.17) is 19.6 Å². The van der Waals surface area contributed by atoms with Crippen LogP contribution in [0.25, 0.3) is 11.1 Å². The van der Waals surface area contributed by atoms with Gasteiger partial charge in [-0.3, -0.25) is 9.59 Å². The number of nitrogens with two attached hydrogens (primary N) is 1. The minimum Gasteiger partial charge on any atom is -0.454 e. The summed E-state index contributed by atoms with van der Waals surface area (Å²) in [6, 6.07) is 11.9. The molecule has 2 N–H and O–H groups in total. The van der Waals surface area contributed by atoms with E-state index in [9.17, 15) is 9.59 Å². The van der Waals surface area contributed by atoms with Crippen molar-refractivity contribution < 1.29 is 23.5 Å². The first-order valence-corrected chi connectivity index (χ1v) is 7.66. The predicted octanol–water partition coefficient (Wildman–Crippen LogP) is 3.03. The lowest BCUT2D eigenvalue weighted by atomic mass is 9.85. The molecule has 0 bridgehead atoms. The van der Waals surface area contributed by atoms with Crippen molar-refractivity contribution in [3.8, 4) is 22.6 Å². The summed E-state index contributed by atoms with van der Waals surface area (Å²) in [5, 5.41) is 0. The number of carbonyl (C=O) groups is 2. The van der Waals surface area contributed by atoms with Crippen molar-refractivity contribution in [1.82, 2.24) is 0 Å². The summed E-state index contributed by atoms with van der Waals surface area (Å²) >= 11 is 0. The van der Waals surface area contributed by atoms with Crippen LogP contribution in [0.5, 0.6) is 11.5 Å². The molecule has 3 aromatic rings. The van der Waals surface area contributed by atoms with Gasteiger partial charge in [-0.15, -0.1) is 0 Å². The average Bonchev–Trinajstić information content (AvgIpc) is 3.23. The highest BCUT2D eigenvalue weighted by Gasteiger charge is 2.37. The summed E-state index contributed by atoms with van der Waals surface area (Å²) in [4.78, 5) is 25.7. The van der Waals surface area contributed by atoms with Crippen LogP contribution >= 0.6 is 0 Å². The second kappa shape index (κ2) is 4.73. The Morgan fingerprint density at radius 2 is 1.56 bits per heavy atom. The number of furan rings is 1. The van der Waals surface area contributed by atoms with Crippen LogP contribution in [0.2, 0.25) is 0 Å². The molecular formula is C19H11NO5. The minimum atomic E-state index is -0.344. The second-order valence-corrected chi connectivity index (χ2v) is 5.82. The van der Waals surface area contributed by atoms with E-state index < -0.39 is 0 Å². The van der Waals surface area contributed by atoms with E-state index >= 15 is 0 Å². The van der Waals surface area contributed by atoms with Gasteiger partial charge in [0.15, 0.2) is 28.9 Å². The molecule has 1 aromatic heterocycles. The Labute approximate surface area is 141 Å². The lowest BCUT2D eigenvalue weighted by molar-refractivity contribution is 0.0961. The van der Waals surface area contributed by atoms with Crippen molar-refractivity contribution in [3.63, 3.8) is 0 Å². The highest BCUT2D eigenvalue weighted by molar-refractivity contribution is 6.30. The van der Waals surface area contributed by atoms with Gasteiger partial charge in [0.1, 0.15) is 0 Å². The number of fused-ring (bicyclic) bond motifs is 3. The molecule has 0 fully saturated rings. The summed E-state index contributed by atoms with van der Waals surface area (Å²) in [5.41, 5.74) is 7.92. The largest absolute Gasteiger partial charge is 0.454 e. The Bertz CT molecular complexity index is 1080. The zero-order chi connectivity index (χ0) is 17.1. The maximum atomic E-state index is 13.0. The van der Waals surface area contributed by atoms with Crippen LogP contribution in [0.4, 0.5) is 5.88 Å². The number of hydrogen-bond acceptors (Lipinski definition) is 6. The monoisotopic (exact) mass is 333 g/mol. The Hall–Kier alpha value is -3.54. The first-order chi connectivity index (χ1) is 12.1. The van der Waals surface area contributed by atoms with Gasteiger partial charge in [0.25, 0.3) is 0 Å². The first-order valence-electron chi connectivity index (χ1n) is 7.66. The molecule has 6 nitrogen and oxygen atoms in total. The number of ketones is 2. The molecule has 0 saturated carbocycles. The van der Waals surface area contributed by atoms with Gasteiger partial charge in [-0.2, -0.15) is 0 Å². The van der Waals surface area contributed by atoms with Gasteiger partial charge in [-0.05, 0) is 17.7 Å². The van der Waals surface area contributed by atoms with Crippen molar-refractivity contribution in [1.29, 1.82) is 0 Å². The highest BCUT2D eigenvalue weighted by atomic mass is 16.7. The third kappa shape index (κ3) is 1.79. The fourth-order valence-electron chi connectivity index (χ4n) is 3.30. The third-order valence-electron chi connectivity index (χ3n) is 4.45. The zero-order valence-corrected chi connectivity index (χ0v) is 12.9. The molecule has 25 heavy (non-hydrogen) atoms. The van der Waals surface area contributed by atoms with E-state index in [0.29, 0.717) is 33.8 Å². The van der Waals surface area contributed by atoms with Crippen LogP contribution in [0, 0.1) is 0 Å². The van der Waals surface area contributed by atoms with E-state index in [-0.39, 0.29) is 35.6 Å². The van der Waals surface area contributed by atoms with Crippen molar-refractivity contribution in [2.24, 2.45) is 0 Å². The summed E-state index contributed by atoms with van der Waals surface area (Å²) in [5.74, 6) is 0.559. The van der Waals surface area contributed by atoms with Crippen molar-refractivity contribution in [2.45, 2.75) is 0 Å². The maximum absolute atomic E-state index is 13.0. The quantitative estimate of drug-likeness (QED) is 0.576. The molecule has 1 aliphatic carbocycles. The number of rotatable bonds is 1. The van der Waals surface area contributed by atoms with Crippen molar-refractivity contribution in [3.05, 3.63) is 64.9 Å². The van der Waals surface area contributed by atoms with Crippen LogP contribution in [0.1, 0.15) is 32.0 Å². The van der Waals surface area contributed by atoms with Gasteiger partial charge in [0, 0.05) is 11.1 Å². The van der Waals surface area contributed by atoms with Gasteiger partial charge < -0.3 is 19.6 Å². The number of benzene rings is 2. The van der Waals surface area contributed by atoms with Crippen LogP contribution in [-0.4, -0.2) is 18.4 Å². The summed E-state index contributed by atoms with van der Waals surface area (Å²) in [6.07, 6.45) is 0. The number of hydrogen-bond donors (Lipinski definition) is 1. The Morgan fingerprint density at radius 3 is 2.36 bits per heavy atom. The lowest BCUT2D eigenvalue weighted by Gasteiger charge is -2.13. The smallest absolute Gasteiger partial charge is 0.231 e. The van der Waals surface area contributed by atoms with Crippen LogP contribution < -0.4 is 15.2 Å². The molecule has 0 unspecified atom stereocenters. The molecule has 0 saturated heterocycles. The lowest BCUT2D eigenvalue weighted by Crippen LogP contribution is -2.19. The zero-order valence-electron chi connectivity index (χ0n) is 12.9. The van der Waals surface area contributed by atoms with E-state index in [0.717, 1.165) is 0 Å². The molecule has 0 atom stereocenters. The molecule has 1 aliphatic heterocycles. The second-order valence-electron chi connectivity index (χ2n) is 5.82. The Morgan fingerprint density at radius 1 is 0.840 bits per heavy atom. The van der Waals surface area contributed by atoms with Gasteiger partial charge >= 0.3 is 0 Å². The number of anilines is 1. The minimum absolute atomic E-state index is 0.0196. The van der Waals surface area contributed by atoms with Gasteiger partial charge in [0.2, 0.25) is 12.6 Å². The SMILES string of the molecule is Nc1oc2c(c1-c1ccc3c(c1)OCO3)C(=O)c1ccccc1C2=O. The fraction of sp³-hybridized carbons (Fsp3) is 0.0526. The predicted molar refractivity (Wildman–Crippen MR) is 88.0 cm³/mol. The summed E-state index contributed by atoms with van der Waals surface area (Å²) in [7, 11) is 0. The number of carbonyl (C=O) groups excluding carboxylic acids is 2. The van der Waals surface area contributed by atoms with Crippen molar-refractivity contribution >= 4 is 17.5 Å². The Balaban J connectivity index is 1.75. The first kappa shape index (κ1) is 13.9. The number of ether oxygens (including phenoxy) is 2. The third-order valence-corrected chi connectivity index (χ3v) is 4.45. The fourth-order valence-corrected chi connectivity index (χ4v) is 3.30. The van der Waals surface area contributed by atoms with E-state index in [1.54, 1.807) is 42.5 Å². The standard InChI is InChI=1S/C19H11NO5/c20-19-14(9-5-6-12-13(7-9)24-8-23-12)15-16(21)10-3-1-2-4-11(10)17(22)18(15)25-19/h1-7H,8,20H2. The molecule has 0 amide bonds. The summed E-state index contributed by atoms with van der Waals surface area (Å²) < 4.78 is 16.2. The molecule has 2 aromatic carbocycles. The van der Waals surface area contributed by atoms with E-state index in [1.807, 2.05) is 0 Å². The molecular weight excluding hydrogens is 322 g/mol. The van der Waals surface area contributed by atoms with Gasteiger partial charge in [0.05, 0.1) is 11.1 Å². The Kier molecular flexibility index (Phi) is 2.62. The normalized spacial score (nSPS) is 14.4. The van der Waals surface area contributed by atoms with Gasteiger partial charge in [-0.1, -0.05) is 30.3 Å². The van der Waals surface area contributed by atoms with Crippen LogP contribution in [-0.2, 0) is 0 Å². The highest BCUT2D eigenvalue weighted by Crippen LogP contribution is 2.43. The van der Waals surface area contributed by atoms with E-state index in [2.05, 4.69) is 0 Å². The molecule has 5 rings (SSSR count). The average molecular weight is 333 g/mol. The van der Waals surface area contributed by atoms with Crippen LogP contribution in [0.15, 0.2) is 46.9 Å². The van der Waals surface area contributed by atoms with Crippen molar-refractivity contribution in [2.75, 3.05) is 12.5 Å². The van der Waals surface area contributed by atoms with E-state index in [1.165, 1.54) is 0 Å². The van der Waals surface area contributed by atoms with Crippen LogP contribution in [0.3, 0.4) is 0 Å². The maximum Gasteiger partial charge on any atom is 0.231 e. The summed E-state index contributed by atoms with van der Waals surface area (Å²) in [6.45, 7) is 0.141. The topological polar surface area (TPSA) is 91.8 Å². The molecule has 6 heteroatoms. The molecule has 2 aliphatic rings. The van der Waals surface area contributed by atoms with Gasteiger partial charge in [-0.25, -0.2) is 0 Å². The molecule has 0 radical (unpaired) electrons. The molecule has 122 valence electrons.